The van der Waals surface area contributed by atoms with Crippen molar-refractivity contribution in [1.82, 2.24) is 0 Å². The van der Waals surface area contributed by atoms with Gasteiger partial charge < -0.3 is 0 Å². The van der Waals surface area contributed by atoms with Gasteiger partial charge >= 0.3 is 0 Å². The van der Waals surface area contributed by atoms with Crippen molar-refractivity contribution in [3.63, 3.8) is 0 Å². The fraction of sp³-hybridized carbons (Fsp3) is 1.00. The molecule has 90 valence electrons. The SMILES string of the molecule is CCCCCCCCCCCC1CC1C. The Balaban J connectivity index is 1.66. The standard InChI is InChI=1S/C15H30/c1-3-4-5-6-7-8-9-10-11-12-15-13-14(15)2/h14-15H,3-13H2,1-2H3. The van der Waals surface area contributed by atoms with Crippen LogP contribution < -0.4 is 0 Å². The molecule has 0 heteroatoms. The summed E-state index contributed by atoms with van der Waals surface area (Å²) in [4.78, 5) is 0. The molecule has 0 nitrogen and oxygen atoms in total. The van der Waals surface area contributed by atoms with Gasteiger partial charge in [-0.05, 0) is 18.3 Å². The van der Waals surface area contributed by atoms with Gasteiger partial charge in [0, 0.05) is 0 Å². The molecule has 0 aromatic rings. The number of rotatable bonds is 10. The van der Waals surface area contributed by atoms with Crippen molar-refractivity contribution in [2.45, 2.75) is 84.5 Å². The highest BCUT2D eigenvalue weighted by atomic mass is 14.4. The third-order valence-corrected chi connectivity index (χ3v) is 3.95. The topological polar surface area (TPSA) is 0 Å². The van der Waals surface area contributed by atoms with Gasteiger partial charge in [-0.15, -0.1) is 0 Å². The van der Waals surface area contributed by atoms with Crippen LogP contribution in [-0.2, 0) is 0 Å². The summed E-state index contributed by atoms with van der Waals surface area (Å²) in [5.74, 6) is 2.19. The van der Waals surface area contributed by atoms with Gasteiger partial charge in [0.2, 0.25) is 0 Å². The van der Waals surface area contributed by atoms with E-state index < -0.39 is 0 Å². The second kappa shape index (κ2) is 8.19. The zero-order valence-electron chi connectivity index (χ0n) is 10.9. The van der Waals surface area contributed by atoms with Crippen LogP contribution in [0, 0.1) is 11.8 Å². The molecule has 1 saturated carbocycles. The number of unbranched alkanes of at least 4 members (excludes halogenated alkanes) is 8. The van der Waals surface area contributed by atoms with E-state index in [0.717, 1.165) is 11.8 Å². The Morgan fingerprint density at radius 3 is 1.73 bits per heavy atom. The van der Waals surface area contributed by atoms with Crippen LogP contribution in [-0.4, -0.2) is 0 Å². The molecule has 0 amide bonds. The lowest BCUT2D eigenvalue weighted by atomic mass is 10.1. The third-order valence-electron chi connectivity index (χ3n) is 3.95. The quantitative estimate of drug-likeness (QED) is 0.414. The largest absolute Gasteiger partial charge is 0.0654 e. The van der Waals surface area contributed by atoms with Crippen molar-refractivity contribution in [1.29, 1.82) is 0 Å². The normalized spacial score (nSPS) is 24.4. The predicted molar refractivity (Wildman–Crippen MR) is 69.1 cm³/mol. The molecule has 0 aromatic carbocycles. The number of hydrogen-bond acceptors (Lipinski definition) is 0. The van der Waals surface area contributed by atoms with Crippen molar-refractivity contribution in [3.8, 4) is 0 Å². The first-order valence-corrected chi connectivity index (χ1v) is 7.34. The van der Waals surface area contributed by atoms with Crippen LogP contribution in [0.3, 0.4) is 0 Å². The fourth-order valence-corrected chi connectivity index (χ4v) is 2.52. The van der Waals surface area contributed by atoms with Crippen molar-refractivity contribution >= 4 is 0 Å². The minimum Gasteiger partial charge on any atom is -0.0654 e. The number of hydrogen-bond donors (Lipinski definition) is 0. The molecule has 1 aliphatic rings. The lowest BCUT2D eigenvalue weighted by molar-refractivity contribution is 0.537. The lowest BCUT2D eigenvalue weighted by Gasteiger charge is -2.01. The minimum atomic E-state index is 1.07. The maximum Gasteiger partial charge on any atom is -0.0386 e. The molecule has 2 atom stereocenters. The smallest absolute Gasteiger partial charge is 0.0386 e. The molecule has 1 rings (SSSR count). The van der Waals surface area contributed by atoms with Gasteiger partial charge in [0.05, 0.1) is 0 Å². The van der Waals surface area contributed by atoms with E-state index in [1.807, 2.05) is 0 Å². The van der Waals surface area contributed by atoms with Gasteiger partial charge in [0.25, 0.3) is 0 Å². The van der Waals surface area contributed by atoms with Crippen molar-refractivity contribution < 1.29 is 0 Å². The van der Waals surface area contributed by atoms with E-state index in [1.165, 1.54) is 70.6 Å². The molecule has 2 unspecified atom stereocenters. The summed E-state index contributed by atoms with van der Waals surface area (Å²) in [7, 11) is 0. The van der Waals surface area contributed by atoms with E-state index >= 15 is 0 Å². The first-order chi connectivity index (χ1) is 7.34. The van der Waals surface area contributed by atoms with E-state index in [9.17, 15) is 0 Å². The Bertz CT molecular complexity index is 139. The fourth-order valence-electron chi connectivity index (χ4n) is 2.52. The molecule has 0 aromatic heterocycles. The Labute approximate surface area is 96.8 Å². The molecule has 0 heterocycles. The average molecular weight is 210 g/mol. The maximum absolute atomic E-state index is 2.40. The molecule has 1 aliphatic carbocycles. The van der Waals surface area contributed by atoms with Crippen LogP contribution in [0.1, 0.15) is 84.5 Å². The van der Waals surface area contributed by atoms with Crippen LogP contribution in [0.15, 0.2) is 0 Å². The van der Waals surface area contributed by atoms with Gasteiger partial charge in [0.15, 0.2) is 0 Å². The van der Waals surface area contributed by atoms with E-state index in [0.29, 0.717) is 0 Å². The summed E-state index contributed by atoms with van der Waals surface area (Å²) in [6.07, 6.45) is 16.3. The molecule has 1 fully saturated rings. The monoisotopic (exact) mass is 210 g/mol. The first-order valence-electron chi connectivity index (χ1n) is 7.34. The maximum atomic E-state index is 2.40. The zero-order chi connectivity index (χ0) is 10.9. The second-order valence-corrected chi connectivity index (χ2v) is 5.59. The zero-order valence-corrected chi connectivity index (χ0v) is 10.9. The Morgan fingerprint density at radius 2 is 1.27 bits per heavy atom. The van der Waals surface area contributed by atoms with Crippen LogP contribution in [0.2, 0.25) is 0 Å². The molecule has 0 aliphatic heterocycles. The van der Waals surface area contributed by atoms with E-state index in [-0.39, 0.29) is 0 Å². The third kappa shape index (κ3) is 6.98. The van der Waals surface area contributed by atoms with Gasteiger partial charge in [-0.3, -0.25) is 0 Å². The van der Waals surface area contributed by atoms with Crippen LogP contribution >= 0.6 is 0 Å². The van der Waals surface area contributed by atoms with Crippen molar-refractivity contribution in [2.24, 2.45) is 11.8 Å². The molecule has 0 N–H and O–H groups in total. The predicted octanol–water partition coefficient (Wildman–Crippen LogP) is 5.56. The van der Waals surface area contributed by atoms with Crippen LogP contribution in [0.25, 0.3) is 0 Å². The van der Waals surface area contributed by atoms with Gasteiger partial charge in [-0.2, -0.15) is 0 Å². The summed E-state index contributed by atoms with van der Waals surface area (Å²) in [6.45, 7) is 4.69. The summed E-state index contributed by atoms with van der Waals surface area (Å²) < 4.78 is 0. The highest BCUT2D eigenvalue weighted by molar-refractivity contribution is 4.81. The Kier molecular flexibility index (Phi) is 7.13. The van der Waals surface area contributed by atoms with E-state index in [2.05, 4.69) is 13.8 Å². The van der Waals surface area contributed by atoms with Gasteiger partial charge in [-0.1, -0.05) is 78.1 Å². The molecular weight excluding hydrogens is 180 g/mol. The lowest BCUT2D eigenvalue weighted by Crippen LogP contribution is -1.83. The molecular formula is C15H30. The van der Waals surface area contributed by atoms with Crippen molar-refractivity contribution in [3.05, 3.63) is 0 Å². The first kappa shape index (κ1) is 13.1. The molecule has 15 heavy (non-hydrogen) atoms. The van der Waals surface area contributed by atoms with Crippen LogP contribution in [0.4, 0.5) is 0 Å². The van der Waals surface area contributed by atoms with E-state index in [4.69, 9.17) is 0 Å². The highest BCUT2D eigenvalue weighted by Crippen LogP contribution is 2.41. The van der Waals surface area contributed by atoms with Crippen molar-refractivity contribution in [2.75, 3.05) is 0 Å². The molecule has 0 bridgehead atoms. The summed E-state index contributed by atoms with van der Waals surface area (Å²) in [5.41, 5.74) is 0. The Hall–Kier alpha value is 0. The highest BCUT2D eigenvalue weighted by Gasteiger charge is 2.31. The molecule has 0 saturated heterocycles. The summed E-state index contributed by atoms with van der Waals surface area (Å²) >= 11 is 0. The van der Waals surface area contributed by atoms with Gasteiger partial charge in [0.1, 0.15) is 0 Å². The summed E-state index contributed by atoms with van der Waals surface area (Å²) in [6, 6.07) is 0. The minimum absolute atomic E-state index is 1.07. The Morgan fingerprint density at radius 1 is 0.800 bits per heavy atom. The van der Waals surface area contributed by atoms with E-state index in [1.54, 1.807) is 0 Å². The second-order valence-electron chi connectivity index (χ2n) is 5.59. The van der Waals surface area contributed by atoms with Crippen LogP contribution in [0.5, 0.6) is 0 Å². The molecule has 0 spiro atoms. The summed E-state index contributed by atoms with van der Waals surface area (Å²) in [5, 5.41) is 0. The molecule has 0 radical (unpaired) electrons. The van der Waals surface area contributed by atoms with Gasteiger partial charge in [-0.25, -0.2) is 0 Å². The average Bonchev–Trinajstić information content (AvgIpc) is 2.92.